The molecule has 0 bridgehead atoms. The average molecular weight is 474 g/mol. The molecule has 2 aromatic carbocycles. The molecule has 33 heavy (non-hydrogen) atoms. The van der Waals surface area contributed by atoms with E-state index in [0.717, 1.165) is 21.6 Å². The molecule has 9 nitrogen and oxygen atoms in total. The van der Waals surface area contributed by atoms with Crippen molar-refractivity contribution in [3.05, 3.63) is 36.5 Å². The maximum atomic E-state index is 12.4. The first kappa shape index (κ1) is 24.3. The molecular weight excluding hydrogens is 446 g/mol. The third-order valence-corrected chi connectivity index (χ3v) is 5.94. The predicted octanol–water partition coefficient (Wildman–Crippen LogP) is 3.16. The number of carbonyl (C=O) groups is 1. The van der Waals surface area contributed by atoms with Crippen LogP contribution in [-0.2, 0) is 4.79 Å². The number of hydrogen-bond acceptors (Lipinski definition) is 9. The van der Waals surface area contributed by atoms with Crippen molar-refractivity contribution >= 4 is 23.1 Å². The van der Waals surface area contributed by atoms with Crippen molar-refractivity contribution < 1.29 is 28.8 Å². The van der Waals surface area contributed by atoms with Gasteiger partial charge in [0.2, 0.25) is 11.7 Å². The maximum Gasteiger partial charge on any atom is 0.244 e. The van der Waals surface area contributed by atoms with Crippen molar-refractivity contribution in [2.45, 2.75) is 19.1 Å². The molecule has 1 amide bonds. The van der Waals surface area contributed by atoms with Crippen molar-refractivity contribution in [1.82, 2.24) is 4.37 Å². The molecule has 0 saturated heterocycles. The van der Waals surface area contributed by atoms with Crippen LogP contribution in [0.3, 0.4) is 0 Å². The number of nitrogens with one attached hydrogen (secondary N) is 1. The lowest BCUT2D eigenvalue weighted by Crippen LogP contribution is -2.43. The Morgan fingerprint density at radius 3 is 2.18 bits per heavy atom. The molecule has 1 unspecified atom stereocenters. The number of amides is 1. The Bertz CT molecular complexity index is 1110. The number of carbonyl (C=O) groups excluding carboxylic acids is 1. The van der Waals surface area contributed by atoms with Gasteiger partial charge in [-0.1, -0.05) is 6.07 Å². The Kier molecular flexibility index (Phi) is 7.75. The van der Waals surface area contributed by atoms with E-state index in [9.17, 15) is 9.90 Å². The van der Waals surface area contributed by atoms with Gasteiger partial charge in [0.15, 0.2) is 11.5 Å². The fourth-order valence-electron chi connectivity index (χ4n) is 3.27. The summed E-state index contributed by atoms with van der Waals surface area (Å²) in [4.78, 5) is 13.3. The summed E-state index contributed by atoms with van der Waals surface area (Å²) in [5, 5.41) is 12.4. The predicted molar refractivity (Wildman–Crippen MR) is 127 cm³/mol. The summed E-state index contributed by atoms with van der Waals surface area (Å²) in [7, 11) is 6.18. The number of ether oxygens (including phenoxy) is 4. The smallest absolute Gasteiger partial charge is 0.244 e. The second-order valence-electron chi connectivity index (χ2n) is 7.15. The van der Waals surface area contributed by atoms with Crippen LogP contribution in [0.1, 0.15) is 6.92 Å². The van der Waals surface area contributed by atoms with Crippen molar-refractivity contribution in [2.75, 3.05) is 33.8 Å². The van der Waals surface area contributed by atoms with E-state index in [-0.39, 0.29) is 0 Å². The van der Waals surface area contributed by atoms with E-state index in [1.165, 1.54) is 25.6 Å². The Morgan fingerprint density at radius 2 is 1.64 bits per heavy atom. The molecule has 176 valence electrons. The first-order valence-electron chi connectivity index (χ1n) is 10.0. The SMILES string of the molecule is COc1ccc(-c2cnsc2-c2cc(OC)c(OC)c(OC)c2)cc1NC(=O)[C@@H](N)C(C)O. The Balaban J connectivity index is 2.06. The molecule has 3 rings (SSSR count). The number of rotatable bonds is 9. The molecule has 3 aromatic rings. The lowest BCUT2D eigenvalue weighted by Gasteiger charge is -2.17. The third-order valence-electron chi connectivity index (χ3n) is 5.09. The van der Waals surface area contributed by atoms with Crippen LogP contribution in [0.15, 0.2) is 36.5 Å². The highest BCUT2D eigenvalue weighted by atomic mass is 32.1. The van der Waals surface area contributed by atoms with Crippen molar-refractivity contribution in [3.63, 3.8) is 0 Å². The summed E-state index contributed by atoms with van der Waals surface area (Å²) < 4.78 is 26.1. The van der Waals surface area contributed by atoms with Crippen molar-refractivity contribution in [2.24, 2.45) is 5.73 Å². The topological polar surface area (TPSA) is 125 Å². The number of nitrogens with zero attached hydrogens (tertiary/aromatic N) is 1. The number of aliphatic hydroxyl groups is 1. The number of benzene rings is 2. The molecule has 2 atom stereocenters. The van der Waals surface area contributed by atoms with Crippen LogP contribution in [0.4, 0.5) is 5.69 Å². The minimum Gasteiger partial charge on any atom is -0.495 e. The van der Waals surface area contributed by atoms with Crippen LogP contribution < -0.4 is 30.0 Å². The van der Waals surface area contributed by atoms with E-state index in [1.807, 2.05) is 18.2 Å². The largest absolute Gasteiger partial charge is 0.495 e. The monoisotopic (exact) mass is 473 g/mol. The molecular formula is C23H27N3O6S. The van der Waals surface area contributed by atoms with E-state index in [0.29, 0.717) is 28.7 Å². The third kappa shape index (κ3) is 5.03. The minimum atomic E-state index is -1.07. The van der Waals surface area contributed by atoms with Crippen LogP contribution in [0, 0.1) is 0 Å². The average Bonchev–Trinajstić information content (AvgIpc) is 3.32. The first-order chi connectivity index (χ1) is 15.8. The second-order valence-corrected chi connectivity index (χ2v) is 7.95. The molecule has 10 heteroatoms. The molecule has 4 N–H and O–H groups in total. The maximum absolute atomic E-state index is 12.4. The highest BCUT2D eigenvalue weighted by Crippen LogP contribution is 2.45. The summed E-state index contributed by atoms with van der Waals surface area (Å²) in [5.74, 6) is 1.50. The van der Waals surface area contributed by atoms with Crippen LogP contribution in [0.5, 0.6) is 23.0 Å². The zero-order valence-electron chi connectivity index (χ0n) is 19.0. The van der Waals surface area contributed by atoms with Gasteiger partial charge < -0.3 is 35.1 Å². The highest BCUT2D eigenvalue weighted by Gasteiger charge is 2.22. The quantitative estimate of drug-likeness (QED) is 0.433. The molecule has 1 aromatic heterocycles. The molecule has 0 aliphatic carbocycles. The van der Waals surface area contributed by atoms with Gasteiger partial charge in [0.1, 0.15) is 11.8 Å². The van der Waals surface area contributed by atoms with Gasteiger partial charge in [0.05, 0.1) is 45.1 Å². The van der Waals surface area contributed by atoms with Crippen LogP contribution in [0.2, 0.25) is 0 Å². The summed E-state index contributed by atoms with van der Waals surface area (Å²) in [6.45, 7) is 1.46. The van der Waals surface area contributed by atoms with Gasteiger partial charge >= 0.3 is 0 Å². The van der Waals surface area contributed by atoms with Crippen LogP contribution >= 0.6 is 11.5 Å². The van der Waals surface area contributed by atoms with Crippen LogP contribution in [0.25, 0.3) is 21.6 Å². The van der Waals surface area contributed by atoms with E-state index >= 15 is 0 Å². The fourth-order valence-corrected chi connectivity index (χ4v) is 4.03. The van der Waals surface area contributed by atoms with Gasteiger partial charge in [-0.3, -0.25) is 4.79 Å². The molecule has 0 radical (unpaired) electrons. The van der Waals surface area contributed by atoms with Crippen molar-refractivity contribution in [1.29, 1.82) is 0 Å². The summed E-state index contributed by atoms with van der Waals surface area (Å²) in [5.41, 5.74) is 8.67. The molecule has 0 aliphatic heterocycles. The highest BCUT2D eigenvalue weighted by molar-refractivity contribution is 7.10. The van der Waals surface area contributed by atoms with E-state index < -0.39 is 18.1 Å². The second kappa shape index (κ2) is 10.5. The van der Waals surface area contributed by atoms with Gasteiger partial charge in [-0.2, -0.15) is 4.37 Å². The summed E-state index contributed by atoms with van der Waals surface area (Å²) in [6.07, 6.45) is 0.755. The molecule has 0 saturated carbocycles. The summed E-state index contributed by atoms with van der Waals surface area (Å²) in [6, 6.07) is 8.02. The molecule has 0 aliphatic rings. The van der Waals surface area contributed by atoms with E-state index in [1.54, 1.807) is 39.7 Å². The Labute approximate surface area is 196 Å². The Hall–Kier alpha value is -3.34. The lowest BCUT2D eigenvalue weighted by atomic mass is 10.0. The molecule has 0 spiro atoms. The van der Waals surface area contributed by atoms with E-state index in [2.05, 4.69) is 9.69 Å². The number of hydrogen-bond donors (Lipinski definition) is 3. The standard InChI is InChI=1S/C23H27N3O6S/c1-12(27)20(24)23(28)26-16-8-13(6-7-17(16)29-2)15-11-25-33-22(15)14-9-18(30-3)21(32-5)19(10-14)31-4/h6-12,20,27H,24H2,1-5H3,(H,26,28)/t12?,20-/m0/s1. The number of aliphatic hydroxyl groups excluding tert-OH is 1. The number of aromatic nitrogens is 1. The Morgan fingerprint density at radius 1 is 1.00 bits per heavy atom. The molecule has 1 heterocycles. The van der Waals surface area contributed by atoms with Crippen LogP contribution in [-0.4, -0.2) is 56.0 Å². The lowest BCUT2D eigenvalue weighted by molar-refractivity contribution is -0.119. The fraction of sp³-hybridized carbons (Fsp3) is 0.304. The summed E-state index contributed by atoms with van der Waals surface area (Å²) >= 11 is 1.31. The first-order valence-corrected chi connectivity index (χ1v) is 10.8. The number of anilines is 1. The number of methoxy groups -OCH3 is 4. The molecule has 0 fully saturated rings. The van der Waals surface area contributed by atoms with Gasteiger partial charge in [-0.15, -0.1) is 0 Å². The van der Waals surface area contributed by atoms with Gasteiger partial charge in [-0.25, -0.2) is 0 Å². The zero-order chi connectivity index (χ0) is 24.1. The number of nitrogens with two attached hydrogens (primary N) is 1. The minimum absolute atomic E-state index is 0.429. The van der Waals surface area contributed by atoms with E-state index in [4.69, 9.17) is 24.7 Å². The van der Waals surface area contributed by atoms with Gasteiger partial charge in [-0.05, 0) is 48.3 Å². The van der Waals surface area contributed by atoms with Crippen molar-refractivity contribution in [3.8, 4) is 44.6 Å². The normalized spacial score (nSPS) is 12.6. The van der Waals surface area contributed by atoms with Gasteiger partial charge in [0, 0.05) is 17.3 Å². The van der Waals surface area contributed by atoms with Gasteiger partial charge in [0.25, 0.3) is 0 Å². The zero-order valence-corrected chi connectivity index (χ0v) is 19.9.